The van der Waals surface area contributed by atoms with Crippen LogP contribution in [0.3, 0.4) is 0 Å². The fourth-order valence-corrected chi connectivity index (χ4v) is 4.40. The molecule has 0 spiro atoms. The van der Waals surface area contributed by atoms with E-state index in [1.54, 1.807) is 14.2 Å². The minimum Gasteiger partial charge on any atom is -0.493 e. The lowest BCUT2D eigenvalue weighted by Gasteiger charge is -2.12. The predicted octanol–water partition coefficient (Wildman–Crippen LogP) is 2.49. The topological polar surface area (TPSA) is 18.5 Å². The molecule has 23 heavy (non-hydrogen) atoms. The molecule has 3 aromatic carbocycles. The van der Waals surface area contributed by atoms with Crippen LogP contribution in [0.25, 0.3) is 11.1 Å². The first-order valence-corrected chi connectivity index (χ1v) is 9.07. The third kappa shape index (κ3) is 3.46. The van der Waals surface area contributed by atoms with Gasteiger partial charge in [0.15, 0.2) is 11.5 Å². The molecule has 0 aliphatic rings. The van der Waals surface area contributed by atoms with E-state index in [0.29, 0.717) is 0 Å². The van der Waals surface area contributed by atoms with Crippen LogP contribution in [0.2, 0.25) is 0 Å². The van der Waals surface area contributed by atoms with Crippen molar-refractivity contribution < 1.29 is 9.47 Å². The molecule has 3 aromatic rings. The number of hydrogen-bond acceptors (Lipinski definition) is 2. The Morgan fingerprint density at radius 2 is 1.35 bits per heavy atom. The van der Waals surface area contributed by atoms with Crippen LogP contribution in [0, 0.1) is 0 Å². The molecule has 0 saturated heterocycles. The first-order chi connectivity index (χ1) is 11.3. The van der Waals surface area contributed by atoms with E-state index in [1.807, 2.05) is 18.2 Å². The van der Waals surface area contributed by atoms with Gasteiger partial charge in [-0.1, -0.05) is 71.9 Å². The number of rotatable bonds is 5. The summed E-state index contributed by atoms with van der Waals surface area (Å²) >= 11 is 0. The van der Waals surface area contributed by atoms with Crippen molar-refractivity contribution in [2.24, 2.45) is 0 Å². The minimum absolute atomic E-state index is 0.606. The molecule has 3 heteroatoms. The van der Waals surface area contributed by atoms with Crippen LogP contribution in [0.5, 0.6) is 11.5 Å². The van der Waals surface area contributed by atoms with Crippen LogP contribution in [-0.2, 0) is 0 Å². The maximum atomic E-state index is 5.54. The monoisotopic (exact) mass is 320 g/mol. The molecule has 0 aliphatic carbocycles. The highest BCUT2D eigenvalue weighted by Crippen LogP contribution is 2.23. The van der Waals surface area contributed by atoms with Crippen molar-refractivity contribution in [1.82, 2.24) is 0 Å². The summed E-state index contributed by atoms with van der Waals surface area (Å²) in [7, 11) is 2.78. The molecular formula is C20H20O2Si. The fraction of sp³-hybridized carbons (Fsp3) is 0.100. The van der Waals surface area contributed by atoms with Crippen molar-refractivity contribution >= 4 is 19.9 Å². The fourth-order valence-electron chi connectivity index (χ4n) is 2.76. The van der Waals surface area contributed by atoms with Crippen molar-refractivity contribution in [3.05, 3.63) is 72.8 Å². The lowest BCUT2D eigenvalue weighted by atomic mass is 10.1. The molecule has 0 aromatic heterocycles. The second-order valence-electron chi connectivity index (χ2n) is 5.39. The Balaban J connectivity index is 1.84. The van der Waals surface area contributed by atoms with E-state index < -0.39 is 9.52 Å². The number of methoxy groups -OCH3 is 2. The summed E-state index contributed by atoms with van der Waals surface area (Å²) in [6, 6.07) is 25.4. The molecule has 0 atom stereocenters. The van der Waals surface area contributed by atoms with Crippen LogP contribution in [0.4, 0.5) is 0 Å². The Bertz CT molecular complexity index is 767. The summed E-state index contributed by atoms with van der Waals surface area (Å²) in [5.74, 6) is 1.67. The highest BCUT2D eigenvalue weighted by molar-refractivity contribution is 6.68. The van der Waals surface area contributed by atoms with Crippen LogP contribution >= 0.6 is 0 Å². The van der Waals surface area contributed by atoms with Gasteiger partial charge >= 0.3 is 0 Å². The summed E-state index contributed by atoms with van der Waals surface area (Å²) in [5, 5.41) is 2.65. The first kappa shape index (κ1) is 15.4. The van der Waals surface area contributed by atoms with Gasteiger partial charge in [0.05, 0.1) is 23.7 Å². The van der Waals surface area contributed by atoms with Gasteiger partial charge in [-0.05, 0) is 22.4 Å². The van der Waals surface area contributed by atoms with Crippen LogP contribution < -0.4 is 19.8 Å². The third-order valence-electron chi connectivity index (χ3n) is 3.94. The van der Waals surface area contributed by atoms with Gasteiger partial charge in [-0.3, -0.25) is 0 Å². The van der Waals surface area contributed by atoms with Crippen LogP contribution in [0.15, 0.2) is 72.8 Å². The van der Waals surface area contributed by atoms with E-state index in [1.165, 1.54) is 21.5 Å². The highest BCUT2D eigenvalue weighted by atomic mass is 28.2. The van der Waals surface area contributed by atoms with E-state index >= 15 is 0 Å². The molecule has 0 saturated carbocycles. The van der Waals surface area contributed by atoms with Gasteiger partial charge < -0.3 is 9.47 Å². The van der Waals surface area contributed by atoms with Gasteiger partial charge in [-0.25, -0.2) is 0 Å². The maximum absolute atomic E-state index is 5.54. The SMILES string of the molecule is COc1cccc([SiH2]c2ccc(-c3ccccc3)cc2)c1OC. The maximum Gasteiger partial charge on any atom is 0.160 e. The lowest BCUT2D eigenvalue weighted by molar-refractivity contribution is 0.357. The Morgan fingerprint density at radius 3 is 2.00 bits per heavy atom. The van der Waals surface area contributed by atoms with E-state index in [9.17, 15) is 0 Å². The summed E-state index contributed by atoms with van der Waals surface area (Å²) < 4.78 is 10.9. The Hall–Kier alpha value is -2.52. The molecule has 0 heterocycles. The lowest BCUT2D eigenvalue weighted by Crippen LogP contribution is -2.28. The normalized spacial score (nSPS) is 10.9. The molecule has 0 amide bonds. The summed E-state index contributed by atoms with van der Waals surface area (Å²) in [4.78, 5) is 0. The molecule has 0 N–H and O–H groups in total. The second-order valence-corrected chi connectivity index (χ2v) is 7.32. The van der Waals surface area contributed by atoms with Gasteiger partial charge in [0.25, 0.3) is 0 Å². The average Bonchev–Trinajstić information content (AvgIpc) is 2.63. The summed E-state index contributed by atoms with van der Waals surface area (Å²) in [5.41, 5.74) is 2.50. The average molecular weight is 320 g/mol. The Kier molecular flexibility index (Phi) is 4.79. The Morgan fingerprint density at radius 1 is 0.652 bits per heavy atom. The van der Waals surface area contributed by atoms with E-state index in [0.717, 1.165) is 11.5 Å². The van der Waals surface area contributed by atoms with Gasteiger partial charge in [-0.2, -0.15) is 0 Å². The summed E-state index contributed by atoms with van der Waals surface area (Å²) in [6.45, 7) is 0. The van der Waals surface area contributed by atoms with E-state index in [2.05, 4.69) is 54.6 Å². The Labute approximate surface area is 139 Å². The number of benzene rings is 3. The second kappa shape index (κ2) is 7.16. The van der Waals surface area contributed by atoms with E-state index in [4.69, 9.17) is 9.47 Å². The summed E-state index contributed by atoms with van der Waals surface area (Å²) in [6.07, 6.45) is 0. The van der Waals surface area contributed by atoms with Crippen molar-refractivity contribution in [3.63, 3.8) is 0 Å². The van der Waals surface area contributed by atoms with Crippen LogP contribution in [-0.4, -0.2) is 23.7 Å². The number of ether oxygens (including phenoxy) is 2. The van der Waals surface area contributed by atoms with Crippen molar-refractivity contribution in [2.75, 3.05) is 14.2 Å². The standard InChI is InChI=1S/C20H20O2Si/c1-21-18-9-6-10-19(20(18)22-2)23-17-13-11-16(12-14-17)15-7-4-3-5-8-15/h3-14H,23H2,1-2H3. The first-order valence-electron chi connectivity index (χ1n) is 7.66. The largest absolute Gasteiger partial charge is 0.493 e. The quantitative estimate of drug-likeness (QED) is 0.673. The van der Waals surface area contributed by atoms with Crippen molar-refractivity contribution in [2.45, 2.75) is 0 Å². The van der Waals surface area contributed by atoms with Gasteiger partial charge in [0.1, 0.15) is 0 Å². The zero-order valence-electron chi connectivity index (χ0n) is 13.5. The third-order valence-corrected chi connectivity index (χ3v) is 5.76. The zero-order chi connectivity index (χ0) is 16.1. The van der Waals surface area contributed by atoms with Crippen molar-refractivity contribution in [1.29, 1.82) is 0 Å². The predicted molar refractivity (Wildman–Crippen MR) is 99.2 cm³/mol. The van der Waals surface area contributed by atoms with Gasteiger partial charge in [0.2, 0.25) is 0 Å². The van der Waals surface area contributed by atoms with Gasteiger partial charge in [0, 0.05) is 0 Å². The molecule has 0 aliphatic heterocycles. The molecule has 0 fully saturated rings. The minimum atomic E-state index is -0.606. The van der Waals surface area contributed by atoms with E-state index in [-0.39, 0.29) is 0 Å². The van der Waals surface area contributed by atoms with Crippen molar-refractivity contribution in [3.8, 4) is 22.6 Å². The molecule has 0 radical (unpaired) electrons. The van der Waals surface area contributed by atoms with Gasteiger partial charge in [-0.15, -0.1) is 0 Å². The molecule has 3 rings (SSSR count). The highest BCUT2D eigenvalue weighted by Gasteiger charge is 2.10. The number of para-hydroxylation sites is 1. The molecule has 0 bridgehead atoms. The smallest absolute Gasteiger partial charge is 0.160 e. The molecule has 2 nitrogen and oxygen atoms in total. The molecular weight excluding hydrogens is 300 g/mol. The molecule has 116 valence electrons. The molecule has 0 unspecified atom stereocenters. The zero-order valence-corrected chi connectivity index (χ0v) is 14.9. The van der Waals surface area contributed by atoms with Crippen LogP contribution in [0.1, 0.15) is 0 Å². The number of hydrogen-bond donors (Lipinski definition) is 0.